The summed E-state index contributed by atoms with van der Waals surface area (Å²) in [7, 11) is 1.76. The van der Waals surface area contributed by atoms with E-state index in [2.05, 4.69) is 21.8 Å². The maximum absolute atomic E-state index is 12.4. The van der Waals surface area contributed by atoms with Gasteiger partial charge >= 0.3 is 0 Å². The van der Waals surface area contributed by atoms with Crippen molar-refractivity contribution in [3.05, 3.63) is 33.8 Å². The van der Waals surface area contributed by atoms with Gasteiger partial charge in [-0.3, -0.25) is 4.79 Å². The lowest BCUT2D eigenvalue weighted by molar-refractivity contribution is 0.0942. The number of fused-ring (bicyclic) bond motifs is 1. The highest BCUT2D eigenvalue weighted by Gasteiger charge is 2.29. The van der Waals surface area contributed by atoms with Crippen molar-refractivity contribution in [2.75, 3.05) is 0 Å². The van der Waals surface area contributed by atoms with Crippen LogP contribution in [0.3, 0.4) is 0 Å². The molecule has 0 N–H and O–H groups in total. The lowest BCUT2D eigenvalue weighted by Gasteiger charge is -2.20. The van der Waals surface area contributed by atoms with Gasteiger partial charge in [-0.15, -0.1) is 16.4 Å². The number of thiophene rings is 1. The van der Waals surface area contributed by atoms with E-state index in [1.165, 1.54) is 10.4 Å². The molecule has 2 aromatic heterocycles. The fraction of sp³-hybridized carbons (Fsp3) is 0.417. The smallest absolute Gasteiger partial charge is 0.189 e. The van der Waals surface area contributed by atoms with Gasteiger partial charge in [0.25, 0.3) is 0 Å². The van der Waals surface area contributed by atoms with Crippen LogP contribution >= 0.6 is 11.3 Å². The van der Waals surface area contributed by atoms with E-state index in [0.717, 1.165) is 19.3 Å². The second-order valence-corrected chi connectivity index (χ2v) is 5.35. The van der Waals surface area contributed by atoms with Crippen molar-refractivity contribution in [2.24, 2.45) is 7.05 Å². The van der Waals surface area contributed by atoms with Gasteiger partial charge in [0.05, 0.1) is 12.1 Å². The van der Waals surface area contributed by atoms with Crippen LogP contribution in [0.25, 0.3) is 0 Å². The highest BCUT2D eigenvalue weighted by Crippen LogP contribution is 2.36. The molecular formula is C12H13N3OS. The number of aryl methyl sites for hydroxylation is 2. The normalized spacial score (nSPS) is 19.0. The average Bonchev–Trinajstić information content (AvgIpc) is 2.95. The zero-order valence-corrected chi connectivity index (χ0v) is 10.4. The Morgan fingerprint density at radius 3 is 3.24 bits per heavy atom. The number of hydrogen-bond donors (Lipinski definition) is 0. The number of carbonyl (C=O) groups excluding carboxylic acids is 1. The van der Waals surface area contributed by atoms with Gasteiger partial charge in [-0.05, 0) is 36.3 Å². The number of nitrogens with zero attached hydrogens (tertiary/aromatic N) is 3. The molecule has 0 saturated heterocycles. The first-order chi connectivity index (χ1) is 8.27. The average molecular weight is 247 g/mol. The standard InChI is InChI=1S/C12H13N3OS/c1-15-10(7-13-14-15)12(16)9-3-2-4-11-8(9)5-6-17-11/h5-7,9H,2-4H2,1H3. The summed E-state index contributed by atoms with van der Waals surface area (Å²) in [6.45, 7) is 0. The number of hydrogen-bond acceptors (Lipinski definition) is 4. The van der Waals surface area contributed by atoms with Crippen molar-refractivity contribution in [1.29, 1.82) is 0 Å². The Hall–Kier alpha value is -1.49. The van der Waals surface area contributed by atoms with Gasteiger partial charge in [0.15, 0.2) is 5.78 Å². The maximum Gasteiger partial charge on any atom is 0.189 e. The molecule has 1 atom stereocenters. The summed E-state index contributed by atoms with van der Waals surface area (Å²) in [6.07, 6.45) is 4.70. The van der Waals surface area contributed by atoms with E-state index in [9.17, 15) is 4.79 Å². The number of rotatable bonds is 2. The minimum Gasteiger partial charge on any atom is -0.292 e. The van der Waals surface area contributed by atoms with Crippen LogP contribution in [0.15, 0.2) is 17.6 Å². The number of ketones is 1. The van der Waals surface area contributed by atoms with Crippen LogP contribution in [-0.2, 0) is 13.5 Å². The first-order valence-corrected chi connectivity index (χ1v) is 6.60. The zero-order chi connectivity index (χ0) is 11.8. The summed E-state index contributed by atoms with van der Waals surface area (Å²) in [4.78, 5) is 13.8. The fourth-order valence-electron chi connectivity index (χ4n) is 2.45. The molecule has 2 heterocycles. The van der Waals surface area contributed by atoms with Crippen LogP contribution in [-0.4, -0.2) is 20.8 Å². The third-order valence-electron chi connectivity index (χ3n) is 3.34. The summed E-state index contributed by atoms with van der Waals surface area (Å²) >= 11 is 1.76. The molecule has 0 bridgehead atoms. The van der Waals surface area contributed by atoms with Gasteiger partial charge in [0, 0.05) is 11.9 Å². The monoisotopic (exact) mass is 247 g/mol. The van der Waals surface area contributed by atoms with Crippen LogP contribution < -0.4 is 0 Å². The van der Waals surface area contributed by atoms with E-state index in [0.29, 0.717) is 5.69 Å². The van der Waals surface area contributed by atoms with Crippen LogP contribution in [0.4, 0.5) is 0 Å². The lowest BCUT2D eigenvalue weighted by Crippen LogP contribution is -2.19. The molecule has 4 nitrogen and oxygen atoms in total. The molecule has 2 aromatic rings. The molecule has 3 rings (SSSR count). The summed E-state index contributed by atoms with van der Waals surface area (Å²) in [5.74, 6) is 0.152. The van der Waals surface area contributed by atoms with E-state index in [1.807, 2.05) is 0 Å². The van der Waals surface area contributed by atoms with Gasteiger partial charge in [-0.25, -0.2) is 4.68 Å². The van der Waals surface area contributed by atoms with E-state index < -0.39 is 0 Å². The van der Waals surface area contributed by atoms with Gasteiger partial charge in [-0.1, -0.05) is 5.21 Å². The van der Waals surface area contributed by atoms with E-state index in [-0.39, 0.29) is 11.7 Å². The van der Waals surface area contributed by atoms with Crippen LogP contribution in [0.1, 0.15) is 39.7 Å². The lowest BCUT2D eigenvalue weighted by atomic mass is 9.84. The first kappa shape index (κ1) is 10.7. The third-order valence-corrected chi connectivity index (χ3v) is 4.33. The molecular weight excluding hydrogens is 234 g/mol. The quantitative estimate of drug-likeness (QED) is 0.764. The molecule has 0 aliphatic heterocycles. The Morgan fingerprint density at radius 1 is 1.59 bits per heavy atom. The fourth-order valence-corrected chi connectivity index (χ4v) is 3.44. The minimum absolute atomic E-state index is 0.00204. The van der Waals surface area contributed by atoms with Crippen molar-refractivity contribution in [3.8, 4) is 0 Å². The minimum atomic E-state index is 0.00204. The summed E-state index contributed by atoms with van der Waals surface area (Å²) in [6, 6.07) is 2.09. The molecule has 0 amide bonds. The Morgan fingerprint density at radius 2 is 2.47 bits per heavy atom. The second kappa shape index (κ2) is 4.07. The summed E-state index contributed by atoms with van der Waals surface area (Å²) in [5.41, 5.74) is 1.82. The topological polar surface area (TPSA) is 47.8 Å². The predicted octanol–water partition coefficient (Wildman–Crippen LogP) is 2.18. The Kier molecular flexibility index (Phi) is 2.55. The van der Waals surface area contributed by atoms with Gasteiger partial charge in [0.2, 0.25) is 0 Å². The molecule has 1 aliphatic carbocycles. The number of carbonyl (C=O) groups is 1. The van der Waals surface area contributed by atoms with Gasteiger partial charge in [-0.2, -0.15) is 0 Å². The maximum atomic E-state index is 12.4. The van der Waals surface area contributed by atoms with E-state index >= 15 is 0 Å². The summed E-state index contributed by atoms with van der Waals surface area (Å²) < 4.78 is 1.56. The molecule has 5 heteroatoms. The van der Waals surface area contributed by atoms with Crippen LogP contribution in [0.2, 0.25) is 0 Å². The van der Waals surface area contributed by atoms with Crippen LogP contribution in [0, 0.1) is 0 Å². The molecule has 0 radical (unpaired) electrons. The molecule has 0 aromatic carbocycles. The highest BCUT2D eigenvalue weighted by molar-refractivity contribution is 7.10. The molecule has 0 spiro atoms. The van der Waals surface area contributed by atoms with Crippen LogP contribution in [0.5, 0.6) is 0 Å². The highest BCUT2D eigenvalue weighted by atomic mass is 32.1. The van der Waals surface area contributed by atoms with Gasteiger partial charge < -0.3 is 0 Å². The van der Waals surface area contributed by atoms with Crippen molar-refractivity contribution >= 4 is 17.1 Å². The van der Waals surface area contributed by atoms with E-state index in [1.54, 1.807) is 29.3 Å². The predicted molar refractivity (Wildman–Crippen MR) is 65.3 cm³/mol. The number of Topliss-reactive ketones (excluding diaryl/α,β-unsaturated/α-hetero) is 1. The van der Waals surface area contributed by atoms with Crippen molar-refractivity contribution in [1.82, 2.24) is 15.0 Å². The SMILES string of the molecule is Cn1nncc1C(=O)C1CCCc2sccc21. The second-order valence-electron chi connectivity index (χ2n) is 4.35. The Bertz CT molecular complexity index is 558. The molecule has 17 heavy (non-hydrogen) atoms. The number of aromatic nitrogens is 3. The first-order valence-electron chi connectivity index (χ1n) is 5.72. The van der Waals surface area contributed by atoms with Gasteiger partial charge in [0.1, 0.15) is 5.69 Å². The third kappa shape index (κ3) is 1.70. The molecule has 88 valence electrons. The molecule has 1 unspecified atom stereocenters. The Balaban J connectivity index is 1.97. The molecule has 0 fully saturated rings. The Labute approximate surface area is 103 Å². The largest absolute Gasteiger partial charge is 0.292 e. The zero-order valence-electron chi connectivity index (χ0n) is 9.59. The molecule has 0 saturated carbocycles. The van der Waals surface area contributed by atoms with Crippen molar-refractivity contribution < 1.29 is 4.79 Å². The summed E-state index contributed by atoms with van der Waals surface area (Å²) in [5, 5.41) is 9.68. The molecule has 1 aliphatic rings. The van der Waals surface area contributed by atoms with E-state index in [4.69, 9.17) is 0 Å². The van der Waals surface area contributed by atoms with Crippen molar-refractivity contribution in [2.45, 2.75) is 25.2 Å². The van der Waals surface area contributed by atoms with Crippen molar-refractivity contribution in [3.63, 3.8) is 0 Å².